The van der Waals surface area contributed by atoms with E-state index in [0.29, 0.717) is 5.88 Å². The molecule has 1 aromatic carbocycles. The number of hydrogen-bond donors (Lipinski definition) is 0. The summed E-state index contributed by atoms with van der Waals surface area (Å²) < 4.78 is 13.5. The second kappa shape index (κ2) is 5.95. The average molecular weight is 356 g/mol. The first-order valence-corrected chi connectivity index (χ1v) is 8.60. The van der Waals surface area contributed by atoms with E-state index in [-0.39, 0.29) is 0 Å². The molecule has 0 saturated carbocycles. The third-order valence-corrected chi connectivity index (χ3v) is 4.62. The van der Waals surface area contributed by atoms with E-state index in [0.717, 1.165) is 44.9 Å². The van der Waals surface area contributed by atoms with Gasteiger partial charge in [0, 0.05) is 24.2 Å². The SMILES string of the molecule is Cc1cc(Oc2nccc3occc23)ccc1-c1c(C)nc2cnccn12. The number of pyridine rings is 1. The third kappa shape index (κ3) is 2.54. The molecule has 0 aliphatic rings. The minimum absolute atomic E-state index is 0.533. The van der Waals surface area contributed by atoms with E-state index in [9.17, 15) is 0 Å². The summed E-state index contributed by atoms with van der Waals surface area (Å²) in [7, 11) is 0. The molecule has 0 amide bonds. The Morgan fingerprint density at radius 2 is 2.00 bits per heavy atom. The summed E-state index contributed by atoms with van der Waals surface area (Å²) in [5.41, 5.74) is 5.81. The van der Waals surface area contributed by atoms with Crippen molar-refractivity contribution in [1.82, 2.24) is 19.4 Å². The normalized spacial score (nSPS) is 11.3. The standard InChI is InChI=1S/C21H16N4O2/c1-13-11-15(27-21-17-6-10-26-18(17)5-7-23-21)3-4-16(13)20-14(2)24-19-12-22-8-9-25(19)20/h3-12H,1-2H3. The lowest BCUT2D eigenvalue weighted by atomic mass is 10.0. The van der Waals surface area contributed by atoms with Gasteiger partial charge >= 0.3 is 0 Å². The van der Waals surface area contributed by atoms with Gasteiger partial charge in [0.1, 0.15) is 11.3 Å². The smallest absolute Gasteiger partial charge is 0.230 e. The van der Waals surface area contributed by atoms with Gasteiger partial charge in [0.15, 0.2) is 5.65 Å². The zero-order valence-electron chi connectivity index (χ0n) is 14.9. The molecule has 0 N–H and O–H groups in total. The molecule has 0 radical (unpaired) electrons. The predicted octanol–water partition coefficient (Wildman–Crippen LogP) is 4.95. The van der Waals surface area contributed by atoms with Gasteiger partial charge in [-0.15, -0.1) is 0 Å². The van der Waals surface area contributed by atoms with Gasteiger partial charge in [-0.1, -0.05) is 0 Å². The summed E-state index contributed by atoms with van der Waals surface area (Å²) in [4.78, 5) is 13.1. The number of aryl methyl sites for hydroxylation is 2. The number of imidazole rings is 1. The average Bonchev–Trinajstić information content (AvgIpc) is 3.26. The number of aromatic nitrogens is 4. The number of rotatable bonds is 3. The second-order valence-corrected chi connectivity index (χ2v) is 6.38. The lowest BCUT2D eigenvalue weighted by Gasteiger charge is -2.11. The van der Waals surface area contributed by atoms with Crippen LogP contribution in [0.15, 0.2) is 65.8 Å². The lowest BCUT2D eigenvalue weighted by Crippen LogP contribution is -1.94. The molecular weight excluding hydrogens is 340 g/mol. The first kappa shape index (κ1) is 15.6. The zero-order valence-corrected chi connectivity index (χ0v) is 14.9. The Morgan fingerprint density at radius 1 is 1.07 bits per heavy atom. The van der Waals surface area contributed by atoms with Crippen molar-refractivity contribution in [3.05, 3.63) is 72.6 Å². The zero-order chi connectivity index (χ0) is 18.4. The molecule has 132 valence electrons. The molecule has 4 heterocycles. The van der Waals surface area contributed by atoms with E-state index in [2.05, 4.69) is 32.3 Å². The maximum atomic E-state index is 6.02. The van der Waals surface area contributed by atoms with Gasteiger partial charge in [-0.3, -0.25) is 9.38 Å². The van der Waals surface area contributed by atoms with Crippen molar-refractivity contribution in [3.8, 4) is 22.9 Å². The van der Waals surface area contributed by atoms with Gasteiger partial charge in [-0.2, -0.15) is 0 Å². The molecule has 4 aromatic heterocycles. The topological polar surface area (TPSA) is 65.5 Å². The largest absolute Gasteiger partial charge is 0.464 e. The highest BCUT2D eigenvalue weighted by molar-refractivity contribution is 5.82. The molecule has 5 aromatic rings. The second-order valence-electron chi connectivity index (χ2n) is 6.38. The van der Waals surface area contributed by atoms with Crippen LogP contribution in [0.2, 0.25) is 0 Å². The molecule has 6 nitrogen and oxygen atoms in total. The lowest BCUT2D eigenvalue weighted by molar-refractivity contribution is 0.468. The van der Waals surface area contributed by atoms with Crippen LogP contribution in [0.25, 0.3) is 27.9 Å². The Balaban J connectivity index is 1.56. The van der Waals surface area contributed by atoms with Crippen LogP contribution in [0.3, 0.4) is 0 Å². The molecule has 6 heteroatoms. The molecule has 0 unspecified atom stereocenters. The summed E-state index contributed by atoms with van der Waals surface area (Å²) >= 11 is 0. The maximum absolute atomic E-state index is 6.02. The van der Waals surface area contributed by atoms with Crippen molar-refractivity contribution in [2.24, 2.45) is 0 Å². The highest BCUT2D eigenvalue weighted by Crippen LogP contribution is 2.33. The molecule has 0 aliphatic carbocycles. The Bertz CT molecular complexity index is 1290. The van der Waals surface area contributed by atoms with Crippen molar-refractivity contribution in [3.63, 3.8) is 0 Å². The third-order valence-electron chi connectivity index (χ3n) is 4.62. The van der Waals surface area contributed by atoms with Crippen LogP contribution in [-0.4, -0.2) is 19.4 Å². The van der Waals surface area contributed by atoms with Crippen LogP contribution in [0.4, 0.5) is 0 Å². The van der Waals surface area contributed by atoms with E-state index < -0.39 is 0 Å². The first-order valence-electron chi connectivity index (χ1n) is 8.60. The van der Waals surface area contributed by atoms with E-state index in [1.54, 1.807) is 24.9 Å². The minimum Gasteiger partial charge on any atom is -0.464 e. The Hall–Kier alpha value is -3.67. The molecule has 0 atom stereocenters. The molecule has 0 saturated heterocycles. The molecule has 5 rings (SSSR count). The Kier molecular flexibility index (Phi) is 3.43. The molecule has 0 fully saturated rings. The predicted molar refractivity (Wildman–Crippen MR) is 102 cm³/mol. The first-order chi connectivity index (χ1) is 13.2. The monoisotopic (exact) mass is 356 g/mol. The van der Waals surface area contributed by atoms with Gasteiger partial charge in [-0.25, -0.2) is 9.97 Å². The summed E-state index contributed by atoms with van der Waals surface area (Å²) in [5, 5.41) is 0.851. The van der Waals surface area contributed by atoms with Gasteiger partial charge < -0.3 is 9.15 Å². The highest BCUT2D eigenvalue weighted by atomic mass is 16.5. The fourth-order valence-corrected chi connectivity index (χ4v) is 3.38. The van der Waals surface area contributed by atoms with Crippen molar-refractivity contribution < 1.29 is 9.15 Å². The van der Waals surface area contributed by atoms with E-state index in [4.69, 9.17) is 9.15 Å². The van der Waals surface area contributed by atoms with Crippen LogP contribution in [0.1, 0.15) is 11.3 Å². The highest BCUT2D eigenvalue weighted by Gasteiger charge is 2.14. The van der Waals surface area contributed by atoms with E-state index >= 15 is 0 Å². The Morgan fingerprint density at radius 3 is 2.89 bits per heavy atom. The van der Waals surface area contributed by atoms with Crippen LogP contribution >= 0.6 is 0 Å². The van der Waals surface area contributed by atoms with E-state index in [1.165, 1.54) is 0 Å². The van der Waals surface area contributed by atoms with E-state index in [1.807, 2.05) is 37.4 Å². The summed E-state index contributed by atoms with van der Waals surface area (Å²) in [6, 6.07) is 9.68. The van der Waals surface area contributed by atoms with Crippen LogP contribution < -0.4 is 4.74 Å². The van der Waals surface area contributed by atoms with Gasteiger partial charge in [-0.05, 0) is 49.7 Å². The van der Waals surface area contributed by atoms with Crippen LogP contribution in [0.5, 0.6) is 11.6 Å². The minimum atomic E-state index is 0.533. The number of nitrogens with zero attached hydrogens (tertiary/aromatic N) is 4. The summed E-state index contributed by atoms with van der Waals surface area (Å²) in [6.07, 6.45) is 8.77. The summed E-state index contributed by atoms with van der Waals surface area (Å²) in [5.74, 6) is 1.26. The number of ether oxygens (including phenoxy) is 1. The number of benzene rings is 1. The summed E-state index contributed by atoms with van der Waals surface area (Å²) in [6.45, 7) is 4.07. The molecule has 0 aliphatic heterocycles. The van der Waals surface area contributed by atoms with Gasteiger partial charge in [0.25, 0.3) is 0 Å². The number of hydrogen-bond acceptors (Lipinski definition) is 5. The maximum Gasteiger partial charge on any atom is 0.230 e. The molecule has 0 bridgehead atoms. The Labute approximate surface area is 155 Å². The van der Waals surface area contributed by atoms with Crippen LogP contribution in [0, 0.1) is 13.8 Å². The number of fused-ring (bicyclic) bond motifs is 2. The van der Waals surface area contributed by atoms with Crippen molar-refractivity contribution in [1.29, 1.82) is 0 Å². The fourth-order valence-electron chi connectivity index (χ4n) is 3.38. The molecule has 27 heavy (non-hydrogen) atoms. The van der Waals surface area contributed by atoms with Gasteiger partial charge in [0.2, 0.25) is 5.88 Å². The number of furan rings is 1. The fraction of sp³-hybridized carbons (Fsp3) is 0.0952. The van der Waals surface area contributed by atoms with Crippen molar-refractivity contribution in [2.75, 3.05) is 0 Å². The molecule has 0 spiro atoms. The molecular formula is C21H16N4O2. The van der Waals surface area contributed by atoms with Crippen molar-refractivity contribution in [2.45, 2.75) is 13.8 Å². The van der Waals surface area contributed by atoms with Gasteiger partial charge in [0.05, 0.1) is 29.2 Å². The van der Waals surface area contributed by atoms with Crippen molar-refractivity contribution >= 4 is 16.6 Å². The van der Waals surface area contributed by atoms with Crippen LogP contribution in [-0.2, 0) is 0 Å². The quantitative estimate of drug-likeness (QED) is 0.458.